The second kappa shape index (κ2) is 10.0. The Bertz CT molecular complexity index is 1180. The molecule has 0 saturated carbocycles. The van der Waals surface area contributed by atoms with Crippen LogP contribution < -0.4 is 5.56 Å². The number of rotatable bonds is 6. The van der Waals surface area contributed by atoms with Crippen LogP contribution in [0.1, 0.15) is 42.5 Å². The van der Waals surface area contributed by atoms with Gasteiger partial charge in [-0.2, -0.15) is 0 Å². The van der Waals surface area contributed by atoms with E-state index < -0.39 is 0 Å². The number of carbonyl (C=O) groups is 1. The van der Waals surface area contributed by atoms with Gasteiger partial charge >= 0.3 is 0 Å². The molecular weight excluding hydrogens is 440 g/mol. The van der Waals surface area contributed by atoms with Crippen LogP contribution in [0, 0.1) is 0 Å². The zero-order chi connectivity index (χ0) is 23.5. The number of hydrogen-bond acceptors (Lipinski definition) is 5. The standard InChI is InChI=1S/C25H29ClN4O3/c1-4-30(15-23-27-22-11-20(26)9-10-21(22)24(31)28-23)25(32)19-7-5-18(6-8-19)14-29-12-16(2)33-17(3)13-29/h5-11,16-17H,4,12-15H2,1-3H3,(H,27,28,31)/t16-,17-/m0/s1. The summed E-state index contributed by atoms with van der Waals surface area (Å²) < 4.78 is 5.80. The lowest BCUT2D eigenvalue weighted by Gasteiger charge is -2.35. The number of morpholine rings is 1. The van der Waals surface area contributed by atoms with Gasteiger partial charge in [0.25, 0.3) is 11.5 Å². The van der Waals surface area contributed by atoms with Gasteiger partial charge in [0.15, 0.2) is 0 Å². The summed E-state index contributed by atoms with van der Waals surface area (Å²) in [6.07, 6.45) is 0.442. The molecule has 1 fully saturated rings. The molecule has 0 unspecified atom stereocenters. The molecule has 0 spiro atoms. The van der Waals surface area contributed by atoms with Crippen molar-refractivity contribution in [3.8, 4) is 0 Å². The van der Waals surface area contributed by atoms with Gasteiger partial charge in [-0.15, -0.1) is 0 Å². The lowest BCUT2D eigenvalue weighted by molar-refractivity contribution is -0.0704. The zero-order valence-corrected chi connectivity index (χ0v) is 19.9. The Kier molecular flexibility index (Phi) is 7.12. The van der Waals surface area contributed by atoms with Gasteiger partial charge in [0.1, 0.15) is 5.82 Å². The van der Waals surface area contributed by atoms with Gasteiger partial charge in [0, 0.05) is 36.8 Å². The number of H-pyrrole nitrogens is 1. The lowest BCUT2D eigenvalue weighted by Crippen LogP contribution is -2.44. The van der Waals surface area contributed by atoms with Gasteiger partial charge in [-0.3, -0.25) is 14.5 Å². The Morgan fingerprint density at radius 1 is 1.18 bits per heavy atom. The molecule has 1 aliphatic heterocycles. The Balaban J connectivity index is 1.46. The third kappa shape index (κ3) is 5.61. The monoisotopic (exact) mass is 468 g/mol. The molecule has 1 N–H and O–H groups in total. The van der Waals surface area contributed by atoms with E-state index in [1.165, 1.54) is 0 Å². The maximum atomic E-state index is 13.1. The van der Waals surface area contributed by atoms with Crippen LogP contribution in [-0.4, -0.2) is 57.5 Å². The molecule has 0 bridgehead atoms. The van der Waals surface area contributed by atoms with Crippen molar-refractivity contribution in [2.75, 3.05) is 19.6 Å². The van der Waals surface area contributed by atoms with Gasteiger partial charge in [0.2, 0.25) is 0 Å². The number of halogens is 1. The molecule has 2 atom stereocenters. The average molecular weight is 469 g/mol. The molecule has 2 heterocycles. The normalized spacial score (nSPS) is 19.0. The zero-order valence-electron chi connectivity index (χ0n) is 19.2. The van der Waals surface area contributed by atoms with Crippen LogP contribution in [0.4, 0.5) is 0 Å². The van der Waals surface area contributed by atoms with Crippen LogP contribution in [0.3, 0.4) is 0 Å². The largest absolute Gasteiger partial charge is 0.373 e. The van der Waals surface area contributed by atoms with Gasteiger partial charge in [-0.25, -0.2) is 4.98 Å². The van der Waals surface area contributed by atoms with E-state index >= 15 is 0 Å². The molecule has 7 nitrogen and oxygen atoms in total. The van der Waals surface area contributed by atoms with Crippen LogP contribution in [0.25, 0.3) is 10.9 Å². The third-order valence-electron chi connectivity index (χ3n) is 5.83. The number of fused-ring (bicyclic) bond motifs is 1. The average Bonchev–Trinajstić information content (AvgIpc) is 2.76. The fourth-order valence-corrected chi connectivity index (χ4v) is 4.52. The van der Waals surface area contributed by atoms with Crippen molar-refractivity contribution in [1.29, 1.82) is 0 Å². The molecule has 1 aromatic heterocycles. The van der Waals surface area contributed by atoms with E-state index in [1.54, 1.807) is 23.1 Å². The summed E-state index contributed by atoms with van der Waals surface area (Å²) in [6, 6.07) is 12.7. The van der Waals surface area contributed by atoms with Crippen molar-refractivity contribution in [2.45, 2.75) is 46.1 Å². The van der Waals surface area contributed by atoms with Crippen molar-refractivity contribution in [1.82, 2.24) is 19.8 Å². The van der Waals surface area contributed by atoms with Crippen LogP contribution in [0.2, 0.25) is 5.02 Å². The highest BCUT2D eigenvalue weighted by Gasteiger charge is 2.22. The SMILES string of the molecule is CCN(Cc1nc2cc(Cl)ccc2c(=O)[nH]1)C(=O)c1ccc(CN2C[C@H](C)O[C@@H](C)C2)cc1. The van der Waals surface area contributed by atoms with Crippen LogP contribution in [0.15, 0.2) is 47.3 Å². The minimum Gasteiger partial charge on any atom is -0.373 e. The molecule has 174 valence electrons. The van der Waals surface area contributed by atoms with E-state index in [9.17, 15) is 9.59 Å². The summed E-state index contributed by atoms with van der Waals surface area (Å²) in [5.74, 6) is 0.323. The number of hydrogen-bond donors (Lipinski definition) is 1. The molecule has 33 heavy (non-hydrogen) atoms. The highest BCUT2D eigenvalue weighted by Crippen LogP contribution is 2.17. The molecule has 8 heteroatoms. The summed E-state index contributed by atoms with van der Waals surface area (Å²) in [4.78, 5) is 36.9. The number of amides is 1. The summed E-state index contributed by atoms with van der Waals surface area (Å²) in [6.45, 7) is 9.41. The smallest absolute Gasteiger partial charge is 0.258 e. The minimum absolute atomic E-state index is 0.105. The van der Waals surface area contributed by atoms with Gasteiger partial charge in [0.05, 0.1) is 29.7 Å². The Morgan fingerprint density at radius 3 is 2.55 bits per heavy atom. The van der Waals surface area contributed by atoms with Crippen molar-refractivity contribution in [3.05, 3.63) is 74.8 Å². The predicted molar refractivity (Wildman–Crippen MR) is 130 cm³/mol. The van der Waals surface area contributed by atoms with Gasteiger partial charge in [-0.1, -0.05) is 23.7 Å². The number of nitrogens with zero attached hydrogens (tertiary/aromatic N) is 3. The molecule has 1 saturated heterocycles. The van der Waals surface area contributed by atoms with E-state index in [4.69, 9.17) is 16.3 Å². The highest BCUT2D eigenvalue weighted by molar-refractivity contribution is 6.31. The van der Waals surface area contributed by atoms with Crippen molar-refractivity contribution in [3.63, 3.8) is 0 Å². The van der Waals surface area contributed by atoms with Crippen LogP contribution in [0.5, 0.6) is 0 Å². The number of ether oxygens (including phenoxy) is 1. The van der Waals surface area contributed by atoms with E-state index in [1.807, 2.05) is 31.2 Å². The number of nitrogens with one attached hydrogen (secondary N) is 1. The summed E-state index contributed by atoms with van der Waals surface area (Å²) in [5.41, 5.74) is 2.04. The molecule has 0 aliphatic carbocycles. The van der Waals surface area contributed by atoms with E-state index in [0.717, 1.165) is 25.2 Å². The van der Waals surface area contributed by atoms with E-state index in [0.29, 0.717) is 33.9 Å². The Labute approximate surface area is 198 Å². The molecule has 2 aromatic carbocycles. The quantitative estimate of drug-likeness (QED) is 0.594. The first-order valence-electron chi connectivity index (χ1n) is 11.3. The topological polar surface area (TPSA) is 78.5 Å². The summed E-state index contributed by atoms with van der Waals surface area (Å²) in [5, 5.41) is 0.980. The molecule has 4 rings (SSSR count). The number of aromatic amines is 1. The molecule has 1 amide bonds. The first kappa shape index (κ1) is 23.4. The van der Waals surface area contributed by atoms with E-state index in [-0.39, 0.29) is 30.2 Å². The first-order chi connectivity index (χ1) is 15.8. The van der Waals surface area contributed by atoms with Crippen molar-refractivity contribution < 1.29 is 9.53 Å². The Hall–Kier alpha value is -2.74. The second-order valence-electron chi connectivity index (χ2n) is 8.64. The number of carbonyl (C=O) groups excluding carboxylic acids is 1. The van der Waals surface area contributed by atoms with Crippen molar-refractivity contribution in [2.24, 2.45) is 0 Å². The fraction of sp³-hybridized carbons (Fsp3) is 0.400. The van der Waals surface area contributed by atoms with Crippen LogP contribution in [-0.2, 0) is 17.8 Å². The maximum absolute atomic E-state index is 13.1. The maximum Gasteiger partial charge on any atom is 0.258 e. The lowest BCUT2D eigenvalue weighted by atomic mass is 10.1. The van der Waals surface area contributed by atoms with Crippen LogP contribution >= 0.6 is 11.6 Å². The van der Waals surface area contributed by atoms with Crippen molar-refractivity contribution >= 4 is 28.4 Å². The molecule has 0 radical (unpaired) electrons. The summed E-state index contributed by atoms with van der Waals surface area (Å²) in [7, 11) is 0. The number of benzene rings is 2. The fourth-order valence-electron chi connectivity index (χ4n) is 4.35. The van der Waals surface area contributed by atoms with E-state index in [2.05, 4.69) is 28.7 Å². The molecule has 3 aromatic rings. The third-order valence-corrected chi connectivity index (χ3v) is 6.06. The second-order valence-corrected chi connectivity index (χ2v) is 9.08. The first-order valence-corrected chi connectivity index (χ1v) is 11.6. The summed E-state index contributed by atoms with van der Waals surface area (Å²) >= 11 is 6.05. The molecular formula is C25H29ClN4O3. The minimum atomic E-state index is -0.244. The molecule has 1 aliphatic rings. The highest BCUT2D eigenvalue weighted by atomic mass is 35.5. The van der Waals surface area contributed by atoms with Gasteiger partial charge < -0.3 is 14.6 Å². The van der Waals surface area contributed by atoms with Gasteiger partial charge in [-0.05, 0) is 56.7 Å². The Morgan fingerprint density at radius 2 is 1.88 bits per heavy atom. The predicted octanol–water partition coefficient (Wildman–Crippen LogP) is 3.85. The number of aromatic nitrogens is 2.